The first-order chi connectivity index (χ1) is 10.6. The molecule has 1 saturated heterocycles. The van der Waals surface area contributed by atoms with E-state index in [1.165, 1.54) is 12.8 Å². The van der Waals surface area contributed by atoms with Gasteiger partial charge in [0.2, 0.25) is 5.91 Å². The molecule has 0 aromatic heterocycles. The summed E-state index contributed by atoms with van der Waals surface area (Å²) in [6, 6.07) is 0. The van der Waals surface area contributed by atoms with Gasteiger partial charge in [0.25, 0.3) is 0 Å². The highest BCUT2D eigenvalue weighted by Crippen LogP contribution is 2.29. The minimum atomic E-state index is -0.150. The summed E-state index contributed by atoms with van der Waals surface area (Å²) in [5, 5.41) is 0. The highest BCUT2D eigenvalue weighted by Gasteiger charge is 2.31. The van der Waals surface area contributed by atoms with Crippen LogP contribution in [0.2, 0.25) is 0 Å². The topological polar surface area (TPSA) is 49.9 Å². The standard InChI is InChI=1S/C17H30N2O3/c1-3-9-18(11-14-7-8-14)13-16(20)19-10-5-6-15(12-19)17(21)22-4-2/h14-15H,3-13H2,1-2H3. The number of nitrogens with zero attached hydrogens (tertiary/aromatic N) is 2. The van der Waals surface area contributed by atoms with E-state index in [9.17, 15) is 9.59 Å². The number of ether oxygens (including phenoxy) is 1. The molecule has 1 unspecified atom stereocenters. The molecule has 2 rings (SSSR count). The number of carbonyl (C=O) groups excluding carboxylic acids is 2. The fourth-order valence-electron chi connectivity index (χ4n) is 3.16. The smallest absolute Gasteiger partial charge is 0.310 e. The van der Waals surface area contributed by atoms with Crippen LogP contribution >= 0.6 is 0 Å². The van der Waals surface area contributed by atoms with Crippen molar-refractivity contribution in [1.29, 1.82) is 0 Å². The summed E-state index contributed by atoms with van der Waals surface area (Å²) in [6.45, 7) is 8.23. The van der Waals surface area contributed by atoms with E-state index in [0.29, 0.717) is 19.7 Å². The van der Waals surface area contributed by atoms with E-state index in [1.54, 1.807) is 0 Å². The van der Waals surface area contributed by atoms with Gasteiger partial charge >= 0.3 is 5.97 Å². The SMILES string of the molecule is CCCN(CC(=O)N1CCCC(C(=O)OCC)C1)CC1CC1. The summed E-state index contributed by atoms with van der Waals surface area (Å²) >= 11 is 0. The van der Waals surface area contributed by atoms with E-state index in [4.69, 9.17) is 4.74 Å². The first kappa shape index (κ1) is 17.3. The maximum absolute atomic E-state index is 12.5. The number of carbonyl (C=O) groups is 2. The fraction of sp³-hybridized carbons (Fsp3) is 0.882. The summed E-state index contributed by atoms with van der Waals surface area (Å²) < 4.78 is 5.10. The Bertz CT molecular complexity index is 382. The molecule has 0 spiro atoms. The molecule has 1 atom stereocenters. The quantitative estimate of drug-likeness (QED) is 0.643. The Morgan fingerprint density at radius 3 is 2.64 bits per heavy atom. The second-order valence-corrected chi connectivity index (χ2v) is 6.61. The van der Waals surface area contributed by atoms with Crippen LogP contribution in [0, 0.1) is 11.8 Å². The van der Waals surface area contributed by atoms with Gasteiger partial charge in [0.15, 0.2) is 0 Å². The normalized spacial score (nSPS) is 22.0. The van der Waals surface area contributed by atoms with Crippen LogP contribution < -0.4 is 0 Å². The Balaban J connectivity index is 1.83. The zero-order valence-corrected chi connectivity index (χ0v) is 14.1. The molecule has 1 amide bonds. The summed E-state index contributed by atoms with van der Waals surface area (Å²) in [6.07, 6.45) is 5.42. The van der Waals surface area contributed by atoms with Gasteiger partial charge in [0.1, 0.15) is 0 Å². The van der Waals surface area contributed by atoms with E-state index < -0.39 is 0 Å². The predicted molar refractivity (Wildman–Crippen MR) is 85.4 cm³/mol. The third kappa shape index (κ3) is 5.27. The Hall–Kier alpha value is -1.10. The fourth-order valence-corrected chi connectivity index (χ4v) is 3.16. The molecule has 1 saturated carbocycles. The lowest BCUT2D eigenvalue weighted by Crippen LogP contribution is -2.47. The van der Waals surface area contributed by atoms with Gasteiger partial charge in [-0.25, -0.2) is 0 Å². The van der Waals surface area contributed by atoms with Crippen LogP contribution in [0.25, 0.3) is 0 Å². The van der Waals surface area contributed by atoms with E-state index in [2.05, 4.69) is 11.8 Å². The van der Waals surface area contributed by atoms with Crippen molar-refractivity contribution in [2.45, 2.75) is 46.0 Å². The van der Waals surface area contributed by atoms with Crippen molar-refractivity contribution in [1.82, 2.24) is 9.80 Å². The molecule has 0 aromatic rings. The number of likely N-dealkylation sites (tertiary alicyclic amines) is 1. The van der Waals surface area contributed by atoms with Crippen LogP contribution in [0.4, 0.5) is 0 Å². The maximum atomic E-state index is 12.5. The van der Waals surface area contributed by atoms with Gasteiger partial charge in [-0.05, 0) is 51.5 Å². The molecule has 5 heteroatoms. The van der Waals surface area contributed by atoms with Crippen molar-refractivity contribution in [3.05, 3.63) is 0 Å². The molecule has 2 aliphatic rings. The molecule has 0 N–H and O–H groups in total. The van der Waals surface area contributed by atoms with Crippen molar-refractivity contribution in [3.8, 4) is 0 Å². The zero-order valence-electron chi connectivity index (χ0n) is 14.1. The summed E-state index contributed by atoms with van der Waals surface area (Å²) in [4.78, 5) is 28.6. The molecule has 0 radical (unpaired) electrons. The van der Waals surface area contributed by atoms with Crippen molar-refractivity contribution in [2.75, 3.05) is 39.3 Å². The number of rotatable bonds is 8. The number of piperidine rings is 1. The number of hydrogen-bond donors (Lipinski definition) is 0. The Morgan fingerprint density at radius 1 is 1.23 bits per heavy atom. The second-order valence-electron chi connectivity index (χ2n) is 6.61. The predicted octanol–water partition coefficient (Wildman–Crippen LogP) is 1.91. The van der Waals surface area contributed by atoms with Crippen molar-refractivity contribution < 1.29 is 14.3 Å². The first-order valence-electron chi connectivity index (χ1n) is 8.80. The Kier molecular flexibility index (Phi) is 6.68. The summed E-state index contributed by atoms with van der Waals surface area (Å²) in [5.74, 6) is 0.681. The summed E-state index contributed by atoms with van der Waals surface area (Å²) in [7, 11) is 0. The van der Waals surface area contributed by atoms with Crippen molar-refractivity contribution in [3.63, 3.8) is 0 Å². The van der Waals surface area contributed by atoms with E-state index >= 15 is 0 Å². The van der Waals surface area contributed by atoms with Crippen LogP contribution in [-0.4, -0.2) is 61.0 Å². The maximum Gasteiger partial charge on any atom is 0.310 e. The van der Waals surface area contributed by atoms with E-state index in [0.717, 1.165) is 44.8 Å². The van der Waals surface area contributed by atoms with Crippen LogP contribution in [-0.2, 0) is 14.3 Å². The second kappa shape index (κ2) is 8.51. The van der Waals surface area contributed by atoms with Gasteiger partial charge in [-0.15, -0.1) is 0 Å². The highest BCUT2D eigenvalue weighted by molar-refractivity contribution is 5.80. The number of amides is 1. The van der Waals surface area contributed by atoms with Crippen LogP contribution in [0.1, 0.15) is 46.0 Å². The minimum absolute atomic E-state index is 0.138. The lowest BCUT2D eigenvalue weighted by Gasteiger charge is -2.33. The van der Waals surface area contributed by atoms with E-state index in [1.807, 2.05) is 11.8 Å². The average molecular weight is 310 g/mol. The molecule has 126 valence electrons. The highest BCUT2D eigenvalue weighted by atomic mass is 16.5. The van der Waals surface area contributed by atoms with Crippen LogP contribution in [0.5, 0.6) is 0 Å². The molecule has 22 heavy (non-hydrogen) atoms. The lowest BCUT2D eigenvalue weighted by atomic mass is 9.98. The van der Waals surface area contributed by atoms with Crippen LogP contribution in [0.15, 0.2) is 0 Å². The summed E-state index contributed by atoms with van der Waals surface area (Å²) in [5.41, 5.74) is 0. The molecule has 2 fully saturated rings. The van der Waals surface area contributed by atoms with Crippen molar-refractivity contribution >= 4 is 11.9 Å². The molecule has 5 nitrogen and oxygen atoms in total. The zero-order chi connectivity index (χ0) is 15.9. The molecular weight excluding hydrogens is 280 g/mol. The largest absolute Gasteiger partial charge is 0.466 e. The third-order valence-corrected chi connectivity index (χ3v) is 4.51. The number of hydrogen-bond acceptors (Lipinski definition) is 4. The van der Waals surface area contributed by atoms with Crippen molar-refractivity contribution in [2.24, 2.45) is 11.8 Å². The van der Waals surface area contributed by atoms with Gasteiger partial charge in [0, 0.05) is 19.6 Å². The number of esters is 1. The minimum Gasteiger partial charge on any atom is -0.466 e. The average Bonchev–Trinajstić information content (AvgIpc) is 3.32. The Morgan fingerprint density at radius 2 is 2.00 bits per heavy atom. The molecular formula is C17H30N2O3. The Labute approximate surface area is 134 Å². The lowest BCUT2D eigenvalue weighted by molar-refractivity contribution is -0.151. The van der Waals surface area contributed by atoms with Gasteiger partial charge in [0.05, 0.1) is 19.1 Å². The monoisotopic (exact) mass is 310 g/mol. The molecule has 0 bridgehead atoms. The van der Waals surface area contributed by atoms with Gasteiger partial charge < -0.3 is 9.64 Å². The molecule has 1 aliphatic heterocycles. The van der Waals surface area contributed by atoms with Crippen LogP contribution in [0.3, 0.4) is 0 Å². The van der Waals surface area contributed by atoms with Gasteiger partial charge in [-0.2, -0.15) is 0 Å². The molecule has 0 aromatic carbocycles. The molecule has 1 aliphatic carbocycles. The van der Waals surface area contributed by atoms with Gasteiger partial charge in [-0.3, -0.25) is 14.5 Å². The first-order valence-corrected chi connectivity index (χ1v) is 8.80. The van der Waals surface area contributed by atoms with Gasteiger partial charge in [-0.1, -0.05) is 6.92 Å². The van der Waals surface area contributed by atoms with E-state index in [-0.39, 0.29) is 17.8 Å². The molecule has 1 heterocycles. The third-order valence-electron chi connectivity index (χ3n) is 4.51.